The smallest absolute Gasteiger partial charge is 0.219 e. The maximum absolute atomic E-state index is 14.8. The molecular weight excluding hydrogens is 473 g/mol. The maximum atomic E-state index is 14.8. The zero-order chi connectivity index (χ0) is 26.7. The van der Waals surface area contributed by atoms with Crippen LogP contribution in [0, 0.1) is 24.6 Å². The predicted octanol–water partition coefficient (Wildman–Crippen LogP) is 5.10. The second-order valence-electron chi connectivity index (χ2n) is 9.31. The molecule has 0 aliphatic carbocycles. The molecular formula is C30H30FNO5. The van der Waals surface area contributed by atoms with E-state index in [2.05, 4.69) is 0 Å². The number of ketones is 2. The van der Waals surface area contributed by atoms with Gasteiger partial charge < -0.3 is 14.4 Å². The number of benzene rings is 3. The van der Waals surface area contributed by atoms with E-state index >= 15 is 0 Å². The lowest BCUT2D eigenvalue weighted by Crippen LogP contribution is -2.52. The first kappa shape index (κ1) is 26.1. The number of rotatable bonds is 7. The van der Waals surface area contributed by atoms with Crippen LogP contribution in [0.4, 0.5) is 4.39 Å². The van der Waals surface area contributed by atoms with Crippen LogP contribution in [0.1, 0.15) is 44.7 Å². The van der Waals surface area contributed by atoms with Gasteiger partial charge in [0.25, 0.3) is 0 Å². The number of likely N-dealkylation sites (tertiary alicyclic amines) is 1. The molecule has 1 fully saturated rings. The molecule has 7 heteroatoms. The van der Waals surface area contributed by atoms with Crippen LogP contribution in [0.2, 0.25) is 0 Å². The number of nitrogens with zero attached hydrogens (tertiary/aromatic N) is 1. The van der Waals surface area contributed by atoms with Crippen molar-refractivity contribution in [3.8, 4) is 11.5 Å². The van der Waals surface area contributed by atoms with E-state index in [4.69, 9.17) is 9.47 Å². The van der Waals surface area contributed by atoms with Gasteiger partial charge in [-0.3, -0.25) is 14.4 Å². The van der Waals surface area contributed by atoms with Crippen molar-refractivity contribution in [3.05, 3.63) is 94.8 Å². The number of hydrogen-bond acceptors (Lipinski definition) is 5. The molecule has 37 heavy (non-hydrogen) atoms. The van der Waals surface area contributed by atoms with Gasteiger partial charge in [-0.25, -0.2) is 4.39 Å². The van der Waals surface area contributed by atoms with Crippen molar-refractivity contribution in [1.82, 2.24) is 4.90 Å². The van der Waals surface area contributed by atoms with Crippen molar-refractivity contribution < 1.29 is 28.2 Å². The molecule has 3 aromatic rings. The molecule has 0 spiro atoms. The van der Waals surface area contributed by atoms with E-state index in [1.807, 2.05) is 0 Å². The molecule has 0 unspecified atom stereocenters. The lowest BCUT2D eigenvalue weighted by Gasteiger charge is -2.43. The monoisotopic (exact) mass is 503 g/mol. The number of ether oxygens (including phenoxy) is 2. The van der Waals surface area contributed by atoms with Crippen molar-refractivity contribution in [2.75, 3.05) is 27.3 Å². The van der Waals surface area contributed by atoms with Crippen molar-refractivity contribution in [3.63, 3.8) is 0 Å². The Morgan fingerprint density at radius 3 is 1.76 bits per heavy atom. The van der Waals surface area contributed by atoms with Crippen molar-refractivity contribution in [2.24, 2.45) is 11.8 Å². The number of carbonyl (C=O) groups excluding carboxylic acids is 3. The molecule has 1 aliphatic rings. The standard InChI is InChI=1S/C30H30FNO5/c1-18-24(12-7-13-27(18)31)28-25(29(34)20-8-5-10-22(14-20)36-3)16-32(19(2)33)17-26(28)30(35)21-9-6-11-23(15-21)37-4/h5-15,25-26,28H,16-17H2,1-4H3/t25-,26-/m0/s1. The van der Waals surface area contributed by atoms with Crippen LogP contribution >= 0.6 is 0 Å². The Labute approximate surface area is 216 Å². The normalized spacial score (nSPS) is 17.8. The summed E-state index contributed by atoms with van der Waals surface area (Å²) in [6.07, 6.45) is 0. The molecule has 2 atom stereocenters. The summed E-state index contributed by atoms with van der Waals surface area (Å²) in [6.45, 7) is 3.32. The highest BCUT2D eigenvalue weighted by Gasteiger charge is 2.46. The number of halogens is 1. The van der Waals surface area contributed by atoms with Crippen molar-refractivity contribution in [1.29, 1.82) is 0 Å². The molecule has 0 aromatic heterocycles. The highest BCUT2D eigenvalue weighted by atomic mass is 19.1. The molecule has 0 radical (unpaired) electrons. The first-order valence-electron chi connectivity index (χ1n) is 12.1. The number of piperidine rings is 1. The predicted molar refractivity (Wildman–Crippen MR) is 138 cm³/mol. The Morgan fingerprint density at radius 1 is 0.811 bits per heavy atom. The van der Waals surface area contributed by atoms with E-state index in [1.54, 1.807) is 67.6 Å². The number of hydrogen-bond donors (Lipinski definition) is 0. The van der Waals surface area contributed by atoms with Gasteiger partial charge in [-0.05, 0) is 48.4 Å². The molecule has 1 saturated heterocycles. The third-order valence-electron chi connectivity index (χ3n) is 7.20. The molecule has 0 N–H and O–H groups in total. The summed E-state index contributed by atoms with van der Waals surface area (Å²) in [5.41, 5.74) is 1.78. The average molecular weight is 504 g/mol. The second kappa shape index (κ2) is 10.9. The fourth-order valence-electron chi connectivity index (χ4n) is 5.21. The zero-order valence-electron chi connectivity index (χ0n) is 21.4. The minimum atomic E-state index is -0.773. The van der Waals surface area contributed by atoms with Crippen LogP contribution in [0.5, 0.6) is 11.5 Å². The fraction of sp³-hybridized carbons (Fsp3) is 0.300. The summed E-state index contributed by atoms with van der Waals surface area (Å²) in [5.74, 6) is -2.27. The first-order chi connectivity index (χ1) is 17.7. The summed E-state index contributed by atoms with van der Waals surface area (Å²) in [6, 6.07) is 18.3. The fourth-order valence-corrected chi connectivity index (χ4v) is 5.21. The van der Waals surface area contributed by atoms with Gasteiger partial charge in [0.15, 0.2) is 11.6 Å². The van der Waals surface area contributed by atoms with Crippen molar-refractivity contribution in [2.45, 2.75) is 19.8 Å². The van der Waals surface area contributed by atoms with E-state index in [9.17, 15) is 18.8 Å². The Kier molecular flexibility index (Phi) is 7.71. The van der Waals surface area contributed by atoms with Gasteiger partial charge in [-0.2, -0.15) is 0 Å². The van der Waals surface area contributed by atoms with Gasteiger partial charge >= 0.3 is 0 Å². The maximum Gasteiger partial charge on any atom is 0.219 e. The lowest BCUT2D eigenvalue weighted by atomic mass is 9.67. The highest BCUT2D eigenvalue weighted by molar-refractivity contribution is 6.03. The Bertz CT molecular complexity index is 1270. The second-order valence-corrected chi connectivity index (χ2v) is 9.31. The first-order valence-corrected chi connectivity index (χ1v) is 12.1. The van der Waals surface area contributed by atoms with Crippen LogP contribution in [0.25, 0.3) is 0 Å². The topological polar surface area (TPSA) is 72.9 Å². The number of amides is 1. The summed E-state index contributed by atoms with van der Waals surface area (Å²) >= 11 is 0. The number of Topliss-reactive ketones (excluding diaryl/α,β-unsaturated/α-hetero) is 2. The third kappa shape index (κ3) is 5.26. The molecule has 1 amide bonds. The Balaban J connectivity index is 1.88. The minimum absolute atomic E-state index is 0.119. The lowest BCUT2D eigenvalue weighted by molar-refractivity contribution is -0.131. The average Bonchev–Trinajstić information content (AvgIpc) is 2.93. The summed E-state index contributed by atoms with van der Waals surface area (Å²) in [5, 5.41) is 0. The number of carbonyl (C=O) groups is 3. The zero-order valence-corrected chi connectivity index (χ0v) is 21.4. The van der Waals surface area contributed by atoms with Gasteiger partial charge in [0.05, 0.1) is 14.2 Å². The van der Waals surface area contributed by atoms with Crippen LogP contribution in [0.3, 0.4) is 0 Å². The summed E-state index contributed by atoms with van der Waals surface area (Å²) in [7, 11) is 3.03. The molecule has 1 aliphatic heterocycles. The minimum Gasteiger partial charge on any atom is -0.497 e. The van der Waals surface area contributed by atoms with Gasteiger partial charge in [-0.15, -0.1) is 0 Å². The molecule has 4 rings (SSSR count). The summed E-state index contributed by atoms with van der Waals surface area (Å²) in [4.78, 5) is 42.1. The Hall–Kier alpha value is -4.00. The van der Waals surface area contributed by atoms with E-state index in [0.29, 0.717) is 33.8 Å². The molecule has 3 aromatic carbocycles. The van der Waals surface area contributed by atoms with Crippen molar-refractivity contribution >= 4 is 17.5 Å². The van der Waals surface area contributed by atoms with E-state index in [0.717, 1.165) is 0 Å². The van der Waals surface area contributed by atoms with Crippen LogP contribution < -0.4 is 9.47 Å². The molecule has 1 heterocycles. The molecule has 6 nitrogen and oxygen atoms in total. The van der Waals surface area contributed by atoms with E-state index in [1.165, 1.54) is 32.1 Å². The third-order valence-corrected chi connectivity index (χ3v) is 7.20. The van der Waals surface area contributed by atoms with Crippen LogP contribution in [0.15, 0.2) is 66.7 Å². The SMILES string of the molecule is COc1cccc(C(=O)[C@H]2CN(C(C)=O)C[C@H](C(=O)c3cccc(OC)c3)C2c2cccc(F)c2C)c1. The van der Waals surface area contributed by atoms with Gasteiger partial charge in [-0.1, -0.05) is 36.4 Å². The quantitative estimate of drug-likeness (QED) is 0.420. The number of methoxy groups -OCH3 is 2. The van der Waals surface area contributed by atoms with E-state index in [-0.39, 0.29) is 30.6 Å². The largest absolute Gasteiger partial charge is 0.497 e. The Morgan fingerprint density at radius 2 is 1.30 bits per heavy atom. The highest BCUT2D eigenvalue weighted by Crippen LogP contribution is 2.42. The molecule has 0 bridgehead atoms. The van der Waals surface area contributed by atoms with Crippen LogP contribution in [-0.4, -0.2) is 49.7 Å². The summed E-state index contributed by atoms with van der Waals surface area (Å²) < 4.78 is 25.4. The van der Waals surface area contributed by atoms with E-state index < -0.39 is 23.6 Å². The van der Waals surface area contributed by atoms with Crippen LogP contribution in [-0.2, 0) is 4.79 Å². The van der Waals surface area contributed by atoms with Gasteiger partial charge in [0.2, 0.25) is 5.91 Å². The van der Waals surface area contributed by atoms with Gasteiger partial charge in [0.1, 0.15) is 17.3 Å². The molecule has 192 valence electrons. The molecule has 0 saturated carbocycles. The van der Waals surface area contributed by atoms with Gasteiger partial charge in [0, 0.05) is 48.9 Å².